The van der Waals surface area contributed by atoms with Crippen LogP contribution in [0.4, 0.5) is 0 Å². The summed E-state index contributed by atoms with van der Waals surface area (Å²) in [5, 5.41) is 7.26. The van der Waals surface area contributed by atoms with E-state index >= 15 is 0 Å². The Morgan fingerprint density at radius 2 is 2.00 bits per heavy atom. The standard InChI is InChI=1S/C15H19ClN4O2.ClH/c1-9(2)14(17)15(21)18-8-13-19-12(20-22-13)7-10-3-5-11(16)6-4-10;/h3-6,9,14H,7-8,17H2,1-2H3,(H,18,21);1H/t14-;/m0./s1. The van der Waals surface area contributed by atoms with E-state index in [2.05, 4.69) is 15.5 Å². The van der Waals surface area contributed by atoms with Crippen LogP contribution in [0.2, 0.25) is 5.02 Å². The predicted octanol–water partition coefficient (Wildman–Crippen LogP) is 2.34. The first kappa shape index (κ1) is 19.4. The first-order valence-corrected chi connectivity index (χ1v) is 7.42. The molecule has 0 saturated carbocycles. The molecule has 1 atom stereocenters. The van der Waals surface area contributed by atoms with Gasteiger partial charge in [0.05, 0.1) is 12.6 Å². The van der Waals surface area contributed by atoms with Gasteiger partial charge in [0.2, 0.25) is 11.8 Å². The summed E-state index contributed by atoms with van der Waals surface area (Å²) in [6, 6.07) is 6.89. The number of aromatic nitrogens is 2. The van der Waals surface area contributed by atoms with Crippen LogP contribution in [0.1, 0.15) is 31.1 Å². The zero-order chi connectivity index (χ0) is 16.1. The van der Waals surface area contributed by atoms with Crippen molar-refractivity contribution in [1.82, 2.24) is 15.5 Å². The first-order valence-electron chi connectivity index (χ1n) is 7.05. The Hall–Kier alpha value is -1.63. The zero-order valence-electron chi connectivity index (χ0n) is 13.0. The van der Waals surface area contributed by atoms with Crippen LogP contribution in [-0.4, -0.2) is 22.1 Å². The summed E-state index contributed by atoms with van der Waals surface area (Å²) < 4.78 is 5.11. The molecule has 2 aromatic rings. The molecule has 0 saturated heterocycles. The fourth-order valence-corrected chi connectivity index (χ4v) is 1.93. The van der Waals surface area contributed by atoms with E-state index in [0.717, 1.165) is 5.56 Å². The van der Waals surface area contributed by atoms with Crippen LogP contribution in [0.15, 0.2) is 28.8 Å². The molecule has 3 N–H and O–H groups in total. The normalized spacial score (nSPS) is 11.9. The second-order valence-corrected chi connectivity index (χ2v) is 5.83. The summed E-state index contributed by atoms with van der Waals surface area (Å²) >= 11 is 5.84. The molecule has 0 unspecified atom stereocenters. The highest BCUT2D eigenvalue weighted by Gasteiger charge is 2.17. The predicted molar refractivity (Wildman–Crippen MR) is 90.5 cm³/mol. The molecule has 1 aromatic carbocycles. The van der Waals surface area contributed by atoms with Crippen molar-refractivity contribution in [3.8, 4) is 0 Å². The van der Waals surface area contributed by atoms with Gasteiger partial charge in [-0.1, -0.05) is 42.7 Å². The smallest absolute Gasteiger partial charge is 0.246 e. The lowest BCUT2D eigenvalue weighted by molar-refractivity contribution is -0.123. The molecule has 1 heterocycles. The molecule has 2 rings (SSSR count). The zero-order valence-corrected chi connectivity index (χ0v) is 14.5. The average molecular weight is 359 g/mol. The number of carbonyl (C=O) groups is 1. The van der Waals surface area contributed by atoms with Crippen molar-refractivity contribution in [3.63, 3.8) is 0 Å². The van der Waals surface area contributed by atoms with E-state index in [-0.39, 0.29) is 30.8 Å². The van der Waals surface area contributed by atoms with E-state index in [1.165, 1.54) is 0 Å². The number of carbonyl (C=O) groups excluding carboxylic acids is 1. The second kappa shape index (κ2) is 8.86. The molecule has 0 spiro atoms. The maximum atomic E-state index is 11.7. The number of benzene rings is 1. The first-order chi connectivity index (χ1) is 10.5. The van der Waals surface area contributed by atoms with Crippen LogP contribution in [-0.2, 0) is 17.8 Å². The molecule has 0 aliphatic carbocycles. The van der Waals surface area contributed by atoms with Crippen molar-refractivity contribution in [1.29, 1.82) is 0 Å². The Balaban J connectivity index is 0.00000264. The third-order valence-electron chi connectivity index (χ3n) is 3.22. The second-order valence-electron chi connectivity index (χ2n) is 5.40. The van der Waals surface area contributed by atoms with Gasteiger partial charge in [0.1, 0.15) is 0 Å². The summed E-state index contributed by atoms with van der Waals surface area (Å²) in [6.45, 7) is 3.95. The van der Waals surface area contributed by atoms with Crippen molar-refractivity contribution in [2.45, 2.75) is 32.9 Å². The van der Waals surface area contributed by atoms with Crippen LogP contribution in [0.25, 0.3) is 0 Å². The Labute approximate surface area is 146 Å². The van der Waals surface area contributed by atoms with E-state index < -0.39 is 6.04 Å². The molecule has 0 aliphatic rings. The summed E-state index contributed by atoms with van der Waals surface area (Å²) in [4.78, 5) is 16.0. The van der Waals surface area contributed by atoms with Crippen LogP contribution < -0.4 is 11.1 Å². The minimum absolute atomic E-state index is 0. The highest BCUT2D eigenvalue weighted by Crippen LogP contribution is 2.12. The number of nitrogens with zero attached hydrogens (tertiary/aromatic N) is 2. The molecule has 1 aromatic heterocycles. The molecular formula is C15H20Cl2N4O2. The lowest BCUT2D eigenvalue weighted by Gasteiger charge is -2.14. The Bertz CT molecular complexity index is 629. The number of nitrogens with one attached hydrogen (secondary N) is 1. The lowest BCUT2D eigenvalue weighted by atomic mass is 10.1. The van der Waals surface area contributed by atoms with Gasteiger partial charge >= 0.3 is 0 Å². The number of halogens is 2. The third kappa shape index (κ3) is 5.82. The number of hydrogen-bond donors (Lipinski definition) is 2. The molecule has 23 heavy (non-hydrogen) atoms. The van der Waals surface area contributed by atoms with Crippen LogP contribution in [0.5, 0.6) is 0 Å². The van der Waals surface area contributed by atoms with Crippen molar-refractivity contribution >= 4 is 29.9 Å². The minimum Gasteiger partial charge on any atom is -0.346 e. The van der Waals surface area contributed by atoms with Gasteiger partial charge in [0, 0.05) is 11.4 Å². The van der Waals surface area contributed by atoms with Gasteiger partial charge in [-0.3, -0.25) is 4.79 Å². The molecule has 1 amide bonds. The Kier molecular flexibility index (Phi) is 7.48. The summed E-state index contributed by atoms with van der Waals surface area (Å²) in [5.74, 6) is 0.753. The molecule has 126 valence electrons. The quantitative estimate of drug-likeness (QED) is 0.826. The van der Waals surface area contributed by atoms with E-state index in [1.807, 2.05) is 38.1 Å². The molecule has 8 heteroatoms. The summed E-state index contributed by atoms with van der Waals surface area (Å²) in [5.41, 5.74) is 6.78. The van der Waals surface area contributed by atoms with E-state index in [0.29, 0.717) is 23.2 Å². The Morgan fingerprint density at radius 1 is 1.35 bits per heavy atom. The van der Waals surface area contributed by atoms with Gasteiger partial charge in [-0.25, -0.2) is 0 Å². The fraction of sp³-hybridized carbons (Fsp3) is 0.400. The highest BCUT2D eigenvalue weighted by molar-refractivity contribution is 6.30. The van der Waals surface area contributed by atoms with Gasteiger partial charge in [0.25, 0.3) is 0 Å². The maximum Gasteiger partial charge on any atom is 0.246 e. The van der Waals surface area contributed by atoms with Gasteiger partial charge in [-0.15, -0.1) is 12.4 Å². The van der Waals surface area contributed by atoms with Crippen molar-refractivity contribution in [2.75, 3.05) is 0 Å². The van der Waals surface area contributed by atoms with Gasteiger partial charge in [-0.2, -0.15) is 4.98 Å². The fourth-order valence-electron chi connectivity index (χ4n) is 1.80. The number of hydrogen-bond acceptors (Lipinski definition) is 5. The topological polar surface area (TPSA) is 94.0 Å². The summed E-state index contributed by atoms with van der Waals surface area (Å²) in [7, 11) is 0. The summed E-state index contributed by atoms with van der Waals surface area (Å²) in [6.07, 6.45) is 0.542. The average Bonchev–Trinajstić information content (AvgIpc) is 2.94. The highest BCUT2D eigenvalue weighted by atomic mass is 35.5. The lowest BCUT2D eigenvalue weighted by Crippen LogP contribution is -2.43. The SMILES string of the molecule is CC(C)[C@H](N)C(=O)NCc1nc(Cc2ccc(Cl)cc2)no1.Cl. The monoisotopic (exact) mass is 358 g/mol. The van der Waals surface area contributed by atoms with Crippen molar-refractivity contribution in [3.05, 3.63) is 46.6 Å². The number of amides is 1. The Morgan fingerprint density at radius 3 is 2.61 bits per heavy atom. The molecule has 6 nitrogen and oxygen atoms in total. The largest absolute Gasteiger partial charge is 0.346 e. The van der Waals surface area contributed by atoms with Crippen LogP contribution >= 0.6 is 24.0 Å². The van der Waals surface area contributed by atoms with E-state index in [4.69, 9.17) is 21.9 Å². The van der Waals surface area contributed by atoms with E-state index in [9.17, 15) is 4.79 Å². The minimum atomic E-state index is -0.545. The molecule has 0 aliphatic heterocycles. The maximum absolute atomic E-state index is 11.7. The molecule has 0 radical (unpaired) electrons. The molecular weight excluding hydrogens is 339 g/mol. The number of rotatable bonds is 6. The van der Waals surface area contributed by atoms with Crippen LogP contribution in [0, 0.1) is 5.92 Å². The van der Waals surface area contributed by atoms with Crippen molar-refractivity contribution < 1.29 is 9.32 Å². The van der Waals surface area contributed by atoms with Crippen molar-refractivity contribution in [2.24, 2.45) is 11.7 Å². The van der Waals surface area contributed by atoms with Crippen LogP contribution in [0.3, 0.4) is 0 Å². The van der Waals surface area contributed by atoms with Gasteiger partial charge in [0.15, 0.2) is 5.82 Å². The molecule has 0 fully saturated rings. The third-order valence-corrected chi connectivity index (χ3v) is 3.47. The van der Waals surface area contributed by atoms with E-state index in [1.54, 1.807) is 0 Å². The molecule has 0 bridgehead atoms. The number of nitrogens with two attached hydrogens (primary N) is 1. The van der Waals surface area contributed by atoms with Gasteiger partial charge < -0.3 is 15.6 Å². The van der Waals surface area contributed by atoms with Gasteiger partial charge in [-0.05, 0) is 23.6 Å².